The van der Waals surface area contributed by atoms with Gasteiger partial charge >= 0.3 is 0 Å². The van der Waals surface area contributed by atoms with E-state index in [-0.39, 0.29) is 16.9 Å². The lowest BCUT2D eigenvalue weighted by Gasteiger charge is -2.12. The molecule has 2 amide bonds. The van der Waals surface area contributed by atoms with Crippen LogP contribution in [0.4, 0.5) is 11.4 Å². The highest BCUT2D eigenvalue weighted by Gasteiger charge is 2.10. The van der Waals surface area contributed by atoms with E-state index in [2.05, 4.69) is 29.8 Å². The quantitative estimate of drug-likeness (QED) is 0.360. The van der Waals surface area contributed by atoms with Crippen molar-refractivity contribution in [2.24, 2.45) is 5.92 Å². The maximum Gasteiger partial charge on any atom is 0.257 e. The van der Waals surface area contributed by atoms with Gasteiger partial charge < -0.3 is 15.4 Å². The van der Waals surface area contributed by atoms with Gasteiger partial charge in [0.05, 0.1) is 6.61 Å². The van der Waals surface area contributed by atoms with Gasteiger partial charge in [-0.1, -0.05) is 56.3 Å². The molecule has 0 aliphatic heterocycles. The van der Waals surface area contributed by atoms with Crippen LogP contribution in [0.5, 0.6) is 5.75 Å². The zero-order valence-electron chi connectivity index (χ0n) is 19.3. The minimum Gasteiger partial charge on any atom is -0.493 e. The molecule has 7 heteroatoms. The molecule has 3 aromatic rings. The van der Waals surface area contributed by atoms with Gasteiger partial charge in [0.1, 0.15) is 5.75 Å². The van der Waals surface area contributed by atoms with Gasteiger partial charge in [0.2, 0.25) is 5.91 Å². The molecule has 0 saturated heterocycles. The number of amides is 2. The summed E-state index contributed by atoms with van der Waals surface area (Å²) in [7, 11) is 0. The van der Waals surface area contributed by atoms with Crippen LogP contribution in [-0.2, 0) is 11.2 Å². The molecule has 3 N–H and O–H groups in total. The summed E-state index contributed by atoms with van der Waals surface area (Å²) in [6.07, 6.45) is 1.06. The number of thiocarbonyl (C=S) groups is 1. The van der Waals surface area contributed by atoms with E-state index in [9.17, 15) is 9.59 Å². The number of benzene rings is 3. The number of aryl methyl sites for hydroxylation is 1. The van der Waals surface area contributed by atoms with Crippen molar-refractivity contribution in [1.82, 2.24) is 5.32 Å². The minimum absolute atomic E-state index is 0.0727. The van der Waals surface area contributed by atoms with E-state index in [1.165, 1.54) is 0 Å². The second-order valence-corrected chi connectivity index (χ2v) is 8.66. The molecule has 0 radical (unpaired) electrons. The Hall–Kier alpha value is -3.71. The van der Waals surface area contributed by atoms with Gasteiger partial charge in [0, 0.05) is 23.4 Å². The highest BCUT2D eigenvalue weighted by Crippen LogP contribution is 2.17. The average Bonchev–Trinajstić information content (AvgIpc) is 2.82. The van der Waals surface area contributed by atoms with E-state index in [1.54, 1.807) is 42.5 Å². The third-order valence-electron chi connectivity index (χ3n) is 4.79. The Kier molecular flexibility index (Phi) is 9.17. The zero-order valence-corrected chi connectivity index (χ0v) is 20.2. The van der Waals surface area contributed by atoms with Crippen LogP contribution in [0.15, 0.2) is 78.9 Å². The first-order chi connectivity index (χ1) is 16.4. The van der Waals surface area contributed by atoms with Gasteiger partial charge in [-0.3, -0.25) is 14.9 Å². The molecule has 0 heterocycles. The Morgan fingerprint density at radius 3 is 2.32 bits per heavy atom. The Labute approximate surface area is 205 Å². The summed E-state index contributed by atoms with van der Waals surface area (Å²) in [5.74, 6) is 0.615. The monoisotopic (exact) mass is 475 g/mol. The van der Waals surface area contributed by atoms with Crippen molar-refractivity contribution in [3.05, 3.63) is 90.0 Å². The predicted molar refractivity (Wildman–Crippen MR) is 140 cm³/mol. The van der Waals surface area contributed by atoms with E-state index in [0.717, 1.165) is 5.56 Å². The summed E-state index contributed by atoms with van der Waals surface area (Å²) in [6.45, 7) is 4.70. The summed E-state index contributed by atoms with van der Waals surface area (Å²) in [5, 5.41) is 8.71. The Balaban J connectivity index is 1.51. The standard InChI is InChI=1S/C27H29N3O3S/c1-19(2)18-33-24-13-6-10-21(16-24)26(32)30-27(34)29-23-12-7-11-22(17-23)28-25(31)15-14-20-8-4-3-5-9-20/h3-13,16-17,19H,14-15,18H2,1-2H3,(H,28,31)(H2,29,30,32,34). The Bertz CT molecular complexity index is 1130. The number of carbonyl (C=O) groups is 2. The first-order valence-electron chi connectivity index (χ1n) is 11.2. The van der Waals surface area contributed by atoms with Crippen molar-refractivity contribution >= 4 is 40.5 Å². The highest BCUT2D eigenvalue weighted by molar-refractivity contribution is 7.80. The van der Waals surface area contributed by atoms with Crippen molar-refractivity contribution in [2.45, 2.75) is 26.7 Å². The van der Waals surface area contributed by atoms with Gasteiger partial charge in [-0.2, -0.15) is 0 Å². The van der Waals surface area contributed by atoms with Crippen LogP contribution < -0.4 is 20.7 Å². The molecule has 0 aromatic heterocycles. The molecule has 34 heavy (non-hydrogen) atoms. The topological polar surface area (TPSA) is 79.5 Å². The molecular formula is C27H29N3O3S. The highest BCUT2D eigenvalue weighted by atomic mass is 32.1. The number of hydrogen-bond donors (Lipinski definition) is 3. The molecule has 176 valence electrons. The van der Waals surface area contributed by atoms with Crippen LogP contribution in [0, 0.1) is 5.92 Å². The van der Waals surface area contributed by atoms with Crippen molar-refractivity contribution in [3.8, 4) is 5.75 Å². The normalized spacial score (nSPS) is 10.4. The first kappa shape index (κ1) is 24.9. The Morgan fingerprint density at radius 2 is 1.59 bits per heavy atom. The largest absolute Gasteiger partial charge is 0.493 e. The lowest BCUT2D eigenvalue weighted by atomic mass is 10.1. The van der Waals surface area contributed by atoms with Gasteiger partial charge in [0.25, 0.3) is 5.91 Å². The fourth-order valence-electron chi connectivity index (χ4n) is 3.13. The fraction of sp³-hybridized carbons (Fsp3) is 0.222. The second-order valence-electron chi connectivity index (χ2n) is 8.26. The lowest BCUT2D eigenvalue weighted by molar-refractivity contribution is -0.116. The summed E-state index contributed by atoms with van der Waals surface area (Å²) in [5.41, 5.74) is 2.86. The molecule has 3 aromatic carbocycles. The summed E-state index contributed by atoms with van der Waals surface area (Å²) in [4.78, 5) is 24.9. The maximum absolute atomic E-state index is 12.6. The summed E-state index contributed by atoms with van der Waals surface area (Å²) in [6, 6.07) is 24.0. The third kappa shape index (κ3) is 8.33. The van der Waals surface area contributed by atoms with E-state index in [0.29, 0.717) is 48.1 Å². The minimum atomic E-state index is -0.335. The second kappa shape index (κ2) is 12.5. The lowest BCUT2D eigenvalue weighted by Crippen LogP contribution is -2.34. The number of nitrogens with one attached hydrogen (secondary N) is 3. The maximum atomic E-state index is 12.6. The number of carbonyl (C=O) groups excluding carboxylic acids is 2. The molecule has 6 nitrogen and oxygen atoms in total. The van der Waals surface area contributed by atoms with Crippen molar-refractivity contribution in [3.63, 3.8) is 0 Å². The molecule has 0 aliphatic carbocycles. The van der Waals surface area contributed by atoms with Gasteiger partial charge in [0.15, 0.2) is 5.11 Å². The molecule has 0 unspecified atom stereocenters. The van der Waals surface area contributed by atoms with Crippen LogP contribution in [0.25, 0.3) is 0 Å². The van der Waals surface area contributed by atoms with Gasteiger partial charge in [-0.05, 0) is 66.5 Å². The number of anilines is 2. The molecular weight excluding hydrogens is 446 g/mol. The summed E-state index contributed by atoms with van der Waals surface area (Å²) >= 11 is 5.30. The van der Waals surface area contributed by atoms with Crippen LogP contribution in [0.2, 0.25) is 0 Å². The number of rotatable bonds is 9. The number of ether oxygens (including phenoxy) is 1. The van der Waals surface area contributed by atoms with Crippen LogP contribution >= 0.6 is 12.2 Å². The Morgan fingerprint density at radius 1 is 0.882 bits per heavy atom. The van der Waals surface area contributed by atoms with E-state index < -0.39 is 0 Å². The average molecular weight is 476 g/mol. The van der Waals surface area contributed by atoms with Crippen molar-refractivity contribution in [2.75, 3.05) is 17.2 Å². The summed E-state index contributed by atoms with van der Waals surface area (Å²) < 4.78 is 5.68. The zero-order chi connectivity index (χ0) is 24.3. The van der Waals surface area contributed by atoms with Gasteiger partial charge in [-0.25, -0.2) is 0 Å². The SMILES string of the molecule is CC(C)COc1cccc(C(=O)NC(=S)Nc2cccc(NC(=O)CCc3ccccc3)c2)c1. The predicted octanol–water partition coefficient (Wildman–Crippen LogP) is 5.42. The van der Waals surface area contributed by atoms with E-state index in [4.69, 9.17) is 17.0 Å². The van der Waals surface area contributed by atoms with Crippen LogP contribution in [0.3, 0.4) is 0 Å². The molecule has 3 rings (SSSR count). The molecule has 0 atom stereocenters. The third-order valence-corrected chi connectivity index (χ3v) is 5.00. The molecule has 0 aliphatic rings. The van der Waals surface area contributed by atoms with E-state index in [1.807, 2.05) is 36.4 Å². The molecule has 0 spiro atoms. The van der Waals surface area contributed by atoms with Crippen molar-refractivity contribution in [1.29, 1.82) is 0 Å². The van der Waals surface area contributed by atoms with Crippen molar-refractivity contribution < 1.29 is 14.3 Å². The fourth-order valence-corrected chi connectivity index (χ4v) is 3.34. The number of hydrogen-bond acceptors (Lipinski definition) is 4. The molecule has 0 fully saturated rings. The first-order valence-corrected chi connectivity index (χ1v) is 11.6. The van der Waals surface area contributed by atoms with E-state index >= 15 is 0 Å². The van der Waals surface area contributed by atoms with Gasteiger partial charge in [-0.15, -0.1) is 0 Å². The van der Waals surface area contributed by atoms with Crippen LogP contribution in [-0.4, -0.2) is 23.5 Å². The smallest absolute Gasteiger partial charge is 0.257 e. The molecule has 0 bridgehead atoms. The molecule has 0 saturated carbocycles. The van der Waals surface area contributed by atoms with Crippen LogP contribution in [0.1, 0.15) is 36.2 Å².